The molecule has 0 atom stereocenters. The molecular weight excluding hydrogens is 528 g/mol. The molecule has 0 spiro atoms. The standard InChI is InChI=1S/C32H32N8S/c1-22-18-37-25(19-35-22)20-36-23(2)29-30(38-24-10-5-4-6-11-24)26-12-9-15-33-21-39(3)17-16-34-31(26)40-27-13-7-8-14-28(27)41-32(29)40/h4-15,18-19,33,36H,2,16-17,20-21H2,1,3H3/b15-9+,26-12+,34-31+,38-30+. The summed E-state index contributed by atoms with van der Waals surface area (Å²) in [7, 11) is 2.09. The number of aromatic nitrogens is 3. The van der Waals surface area contributed by atoms with Gasteiger partial charge in [-0.1, -0.05) is 36.9 Å². The van der Waals surface area contributed by atoms with E-state index in [1.54, 1.807) is 23.7 Å². The molecule has 0 bridgehead atoms. The van der Waals surface area contributed by atoms with Gasteiger partial charge in [0.15, 0.2) is 0 Å². The summed E-state index contributed by atoms with van der Waals surface area (Å²) in [6.07, 6.45) is 9.68. The first-order chi connectivity index (χ1) is 20.1. The van der Waals surface area contributed by atoms with E-state index in [2.05, 4.69) is 73.9 Å². The summed E-state index contributed by atoms with van der Waals surface area (Å²) in [4.78, 5) is 22.6. The number of thiazole rings is 1. The molecule has 4 heterocycles. The minimum Gasteiger partial charge on any atom is -0.379 e. The van der Waals surface area contributed by atoms with Crippen LogP contribution < -0.4 is 26.7 Å². The van der Waals surface area contributed by atoms with E-state index in [9.17, 15) is 0 Å². The van der Waals surface area contributed by atoms with Crippen LogP contribution in [0, 0.1) is 6.92 Å². The zero-order valence-corrected chi connectivity index (χ0v) is 24.0. The van der Waals surface area contributed by atoms with Gasteiger partial charge in [-0.25, -0.2) is 4.99 Å². The molecule has 0 aliphatic carbocycles. The third-order valence-corrected chi connectivity index (χ3v) is 8.02. The third kappa shape index (κ3) is 5.68. The number of likely N-dealkylation sites (N-methyl/N-ethyl adjacent to an activating group) is 1. The van der Waals surface area contributed by atoms with Crippen LogP contribution in [-0.2, 0) is 6.54 Å². The molecule has 0 amide bonds. The van der Waals surface area contributed by atoms with Gasteiger partial charge in [0.2, 0.25) is 0 Å². The van der Waals surface area contributed by atoms with Crippen LogP contribution in [0.3, 0.4) is 0 Å². The van der Waals surface area contributed by atoms with Crippen LogP contribution in [0.4, 0.5) is 5.69 Å². The Labute approximate surface area is 242 Å². The molecule has 1 aliphatic rings. The molecule has 206 valence electrons. The van der Waals surface area contributed by atoms with Gasteiger partial charge in [0, 0.05) is 23.7 Å². The fourth-order valence-corrected chi connectivity index (χ4v) is 5.99. The number of fused-ring (bicyclic) bond motifs is 5. The summed E-state index contributed by atoms with van der Waals surface area (Å²) >= 11 is 1.72. The zero-order valence-electron chi connectivity index (χ0n) is 23.2. The molecule has 2 N–H and O–H groups in total. The average molecular weight is 561 g/mol. The highest BCUT2D eigenvalue weighted by atomic mass is 32.1. The molecule has 2 aromatic carbocycles. The lowest BCUT2D eigenvalue weighted by atomic mass is 10.1. The quantitative estimate of drug-likeness (QED) is 0.343. The average Bonchev–Trinajstić information content (AvgIpc) is 3.35. The SMILES string of the molecule is C=C(NCc1cnc(C)cn1)c1c(=N/c2ccccc2)/c2c(/n3c1sc1ccccc13)=N\CCN(C)CN/C=C/C=2. The van der Waals surface area contributed by atoms with Crippen molar-refractivity contribution in [3.63, 3.8) is 0 Å². The molecule has 0 saturated heterocycles. The lowest BCUT2D eigenvalue weighted by Crippen LogP contribution is -2.46. The Hall–Kier alpha value is -4.60. The van der Waals surface area contributed by atoms with Crippen molar-refractivity contribution in [3.05, 3.63) is 119 Å². The third-order valence-electron chi connectivity index (χ3n) is 6.87. The first-order valence-electron chi connectivity index (χ1n) is 13.6. The first kappa shape index (κ1) is 26.6. The molecule has 41 heavy (non-hydrogen) atoms. The molecule has 3 aromatic heterocycles. The van der Waals surface area contributed by atoms with Crippen molar-refractivity contribution in [1.82, 2.24) is 29.9 Å². The van der Waals surface area contributed by atoms with Gasteiger partial charge in [-0.05, 0) is 56.6 Å². The molecule has 0 unspecified atom stereocenters. The van der Waals surface area contributed by atoms with Gasteiger partial charge in [-0.2, -0.15) is 0 Å². The highest BCUT2D eigenvalue weighted by molar-refractivity contribution is 7.24. The van der Waals surface area contributed by atoms with Crippen LogP contribution in [0.5, 0.6) is 0 Å². The van der Waals surface area contributed by atoms with E-state index >= 15 is 0 Å². The van der Waals surface area contributed by atoms with Crippen LogP contribution in [0.2, 0.25) is 0 Å². The monoisotopic (exact) mass is 560 g/mol. The van der Waals surface area contributed by atoms with Gasteiger partial charge in [0.05, 0.1) is 64.2 Å². The maximum atomic E-state index is 5.24. The summed E-state index contributed by atoms with van der Waals surface area (Å²) in [5, 5.41) is 8.65. The van der Waals surface area contributed by atoms with Crippen LogP contribution in [0.25, 0.3) is 26.8 Å². The predicted molar refractivity (Wildman–Crippen MR) is 167 cm³/mol. The Balaban J connectivity index is 1.68. The molecule has 0 fully saturated rings. The van der Waals surface area contributed by atoms with E-state index in [0.717, 1.165) is 68.0 Å². The van der Waals surface area contributed by atoms with E-state index in [4.69, 9.17) is 9.98 Å². The number of pyridine rings is 1. The molecule has 1 aliphatic heterocycles. The van der Waals surface area contributed by atoms with Gasteiger partial charge in [-0.3, -0.25) is 24.3 Å². The van der Waals surface area contributed by atoms with Crippen molar-refractivity contribution in [2.24, 2.45) is 9.98 Å². The molecular formula is C32H32N8S. The van der Waals surface area contributed by atoms with Crippen molar-refractivity contribution < 1.29 is 0 Å². The van der Waals surface area contributed by atoms with Crippen LogP contribution in [-0.4, -0.2) is 46.1 Å². The number of para-hydroxylation sites is 2. The fraction of sp³-hybridized carbons (Fsp3) is 0.188. The second-order valence-electron chi connectivity index (χ2n) is 9.95. The van der Waals surface area contributed by atoms with Crippen molar-refractivity contribution in [3.8, 4) is 0 Å². The van der Waals surface area contributed by atoms with E-state index < -0.39 is 0 Å². The number of allylic oxidation sites excluding steroid dienone is 1. The summed E-state index contributed by atoms with van der Waals surface area (Å²) < 4.78 is 3.44. The maximum absolute atomic E-state index is 5.24. The summed E-state index contributed by atoms with van der Waals surface area (Å²) in [6.45, 7) is 9.17. The molecule has 5 aromatic rings. The van der Waals surface area contributed by atoms with Crippen LogP contribution >= 0.6 is 11.3 Å². The fourth-order valence-electron chi connectivity index (χ4n) is 4.77. The van der Waals surface area contributed by atoms with Crippen molar-refractivity contribution >= 4 is 43.8 Å². The van der Waals surface area contributed by atoms with Gasteiger partial charge in [-0.15, -0.1) is 11.3 Å². The number of benzene rings is 2. The second kappa shape index (κ2) is 11.9. The van der Waals surface area contributed by atoms with Crippen molar-refractivity contribution in [1.29, 1.82) is 0 Å². The maximum Gasteiger partial charge on any atom is 0.143 e. The minimum absolute atomic E-state index is 0.495. The lowest BCUT2D eigenvalue weighted by Gasteiger charge is -2.15. The summed E-state index contributed by atoms with van der Waals surface area (Å²) in [6, 6.07) is 18.5. The van der Waals surface area contributed by atoms with Gasteiger partial charge in [0.1, 0.15) is 10.3 Å². The van der Waals surface area contributed by atoms with E-state index in [0.29, 0.717) is 13.1 Å². The first-order valence-corrected chi connectivity index (χ1v) is 14.4. The van der Waals surface area contributed by atoms with Crippen molar-refractivity contribution in [2.75, 3.05) is 26.8 Å². The molecule has 9 heteroatoms. The van der Waals surface area contributed by atoms with Crippen LogP contribution in [0.1, 0.15) is 17.0 Å². The van der Waals surface area contributed by atoms with Gasteiger partial charge in [0.25, 0.3) is 0 Å². The highest BCUT2D eigenvalue weighted by Gasteiger charge is 2.17. The zero-order chi connectivity index (χ0) is 28.2. The Bertz CT molecular complexity index is 1940. The topological polar surface area (TPSA) is 82.2 Å². The Kier molecular flexibility index (Phi) is 7.71. The number of nitrogens with one attached hydrogen (secondary N) is 2. The smallest absolute Gasteiger partial charge is 0.143 e. The largest absolute Gasteiger partial charge is 0.379 e. The lowest BCUT2D eigenvalue weighted by molar-refractivity contribution is 0.331. The number of rotatable bonds is 5. The number of aryl methyl sites for hydroxylation is 1. The Morgan fingerprint density at radius 2 is 1.93 bits per heavy atom. The van der Waals surface area contributed by atoms with E-state index in [1.807, 2.05) is 49.5 Å². The van der Waals surface area contributed by atoms with Crippen molar-refractivity contribution in [2.45, 2.75) is 13.5 Å². The number of hydrogen-bond donors (Lipinski definition) is 2. The predicted octanol–water partition coefficient (Wildman–Crippen LogP) is 3.65. The molecule has 8 nitrogen and oxygen atoms in total. The highest BCUT2D eigenvalue weighted by Crippen LogP contribution is 2.28. The molecule has 0 radical (unpaired) electrons. The van der Waals surface area contributed by atoms with Gasteiger partial charge < -0.3 is 10.6 Å². The Morgan fingerprint density at radius 3 is 2.76 bits per heavy atom. The molecule has 0 saturated carbocycles. The van der Waals surface area contributed by atoms with E-state index in [1.165, 1.54) is 4.70 Å². The number of hydrogen-bond acceptors (Lipinski definition) is 8. The Morgan fingerprint density at radius 1 is 1.10 bits per heavy atom. The second-order valence-corrected chi connectivity index (χ2v) is 11.0. The number of nitrogens with zero attached hydrogens (tertiary/aromatic N) is 6. The van der Waals surface area contributed by atoms with Gasteiger partial charge >= 0.3 is 0 Å². The van der Waals surface area contributed by atoms with E-state index in [-0.39, 0.29) is 0 Å². The summed E-state index contributed by atoms with van der Waals surface area (Å²) in [5.41, 5.74) is 6.28. The molecule has 6 rings (SSSR count). The normalized spacial score (nSPS) is 17.0. The van der Waals surface area contributed by atoms with Crippen LogP contribution in [0.15, 0.2) is 95.8 Å². The summed E-state index contributed by atoms with van der Waals surface area (Å²) in [5.74, 6) is 0. The minimum atomic E-state index is 0.495.